The molecule has 0 fully saturated rings. The molecule has 0 aromatic heterocycles. The van der Waals surface area contributed by atoms with Gasteiger partial charge in [0.05, 0.1) is 0 Å². The molecule has 182 valence electrons. The number of rotatable bonds is 25. The van der Waals surface area contributed by atoms with E-state index < -0.39 is 0 Å². The Kier molecular flexibility index (Phi) is 25.1. The van der Waals surface area contributed by atoms with Crippen molar-refractivity contribution in [3.05, 3.63) is 0 Å². The van der Waals surface area contributed by atoms with Gasteiger partial charge in [-0.3, -0.25) is 5.32 Å². The van der Waals surface area contributed by atoms with Gasteiger partial charge < -0.3 is 5.11 Å². The van der Waals surface area contributed by atoms with Gasteiger partial charge in [-0.1, -0.05) is 149 Å². The summed E-state index contributed by atoms with van der Waals surface area (Å²) in [6, 6.07) is 0. The molecule has 0 saturated heterocycles. The highest BCUT2D eigenvalue weighted by atomic mass is 16.3. The molecule has 2 N–H and O–H groups in total. The van der Waals surface area contributed by atoms with Gasteiger partial charge in [0.25, 0.3) is 0 Å². The van der Waals surface area contributed by atoms with Crippen LogP contribution in [-0.4, -0.2) is 17.9 Å². The molecular formula is C28H59NO. The maximum atomic E-state index is 9.45. The fourth-order valence-corrected chi connectivity index (χ4v) is 4.50. The first-order valence-electron chi connectivity index (χ1n) is 14.2. The van der Waals surface area contributed by atoms with Crippen LogP contribution in [0.1, 0.15) is 162 Å². The summed E-state index contributed by atoms with van der Waals surface area (Å²) in [5.74, 6) is 0.991. The molecule has 0 aliphatic rings. The van der Waals surface area contributed by atoms with Crippen LogP contribution in [0.2, 0.25) is 0 Å². The van der Waals surface area contributed by atoms with Crippen molar-refractivity contribution >= 4 is 0 Å². The Morgan fingerprint density at radius 3 is 1.30 bits per heavy atom. The van der Waals surface area contributed by atoms with Crippen LogP contribution in [0.4, 0.5) is 0 Å². The molecule has 0 aromatic carbocycles. The molecule has 0 amide bonds. The van der Waals surface area contributed by atoms with Crippen molar-refractivity contribution in [3.63, 3.8) is 0 Å². The summed E-state index contributed by atoms with van der Waals surface area (Å²) >= 11 is 0. The molecule has 0 spiro atoms. The van der Waals surface area contributed by atoms with Crippen molar-refractivity contribution in [2.24, 2.45) is 5.92 Å². The summed E-state index contributed by atoms with van der Waals surface area (Å²) in [6.45, 7) is 7.67. The summed E-state index contributed by atoms with van der Waals surface area (Å²) in [7, 11) is 0. The summed E-state index contributed by atoms with van der Waals surface area (Å²) in [6.07, 6.45) is 30.4. The lowest BCUT2D eigenvalue weighted by atomic mass is 9.92. The number of hydrogen-bond donors (Lipinski definition) is 2. The lowest BCUT2D eigenvalue weighted by molar-refractivity contribution is 0.133. The van der Waals surface area contributed by atoms with Crippen LogP contribution < -0.4 is 5.32 Å². The molecule has 0 radical (unpaired) electrons. The normalized spacial score (nSPS) is 13.6. The Hall–Kier alpha value is -0.0800. The van der Waals surface area contributed by atoms with Crippen molar-refractivity contribution in [2.45, 2.75) is 168 Å². The largest absolute Gasteiger partial charge is 0.379 e. The van der Waals surface area contributed by atoms with Gasteiger partial charge in [0.2, 0.25) is 0 Å². The minimum absolute atomic E-state index is 0.304. The molecule has 0 aliphatic carbocycles. The van der Waals surface area contributed by atoms with Gasteiger partial charge in [-0.25, -0.2) is 0 Å². The van der Waals surface area contributed by atoms with Crippen molar-refractivity contribution in [1.29, 1.82) is 0 Å². The average molecular weight is 426 g/mol. The zero-order valence-corrected chi connectivity index (χ0v) is 21.4. The van der Waals surface area contributed by atoms with Gasteiger partial charge in [-0.2, -0.15) is 0 Å². The molecule has 0 aromatic rings. The van der Waals surface area contributed by atoms with E-state index in [2.05, 4.69) is 19.2 Å². The maximum absolute atomic E-state index is 9.45. The molecule has 0 saturated carbocycles. The van der Waals surface area contributed by atoms with Crippen molar-refractivity contribution in [2.75, 3.05) is 6.54 Å². The van der Waals surface area contributed by atoms with Crippen LogP contribution in [0, 0.1) is 5.92 Å². The SMILES string of the molecule is CCCCCCCCCCCCC(CC)CCCCCCCCCCNC(O)CC. The van der Waals surface area contributed by atoms with Crippen LogP contribution in [0.15, 0.2) is 0 Å². The molecule has 2 atom stereocenters. The fourth-order valence-electron chi connectivity index (χ4n) is 4.50. The Morgan fingerprint density at radius 1 is 0.500 bits per heavy atom. The lowest BCUT2D eigenvalue weighted by Crippen LogP contribution is -2.28. The van der Waals surface area contributed by atoms with E-state index in [1.807, 2.05) is 6.92 Å². The van der Waals surface area contributed by atoms with Crippen molar-refractivity contribution in [3.8, 4) is 0 Å². The summed E-state index contributed by atoms with van der Waals surface area (Å²) in [4.78, 5) is 0. The van der Waals surface area contributed by atoms with Crippen LogP contribution in [0.25, 0.3) is 0 Å². The average Bonchev–Trinajstić information content (AvgIpc) is 2.76. The molecule has 2 unspecified atom stereocenters. The zero-order valence-electron chi connectivity index (χ0n) is 21.4. The quantitative estimate of drug-likeness (QED) is 0.113. The first-order chi connectivity index (χ1) is 14.7. The highest BCUT2D eigenvalue weighted by Crippen LogP contribution is 2.22. The second kappa shape index (κ2) is 25.2. The van der Waals surface area contributed by atoms with E-state index in [1.54, 1.807) is 0 Å². The summed E-state index contributed by atoms with van der Waals surface area (Å²) in [5, 5.41) is 12.6. The third kappa shape index (κ3) is 22.6. The minimum atomic E-state index is -0.304. The van der Waals surface area contributed by atoms with Gasteiger partial charge in [-0.15, -0.1) is 0 Å². The molecule has 0 rings (SSSR count). The Balaban J connectivity index is 3.30. The standard InChI is InChI=1S/C28H59NO/c1-4-7-8-9-10-11-12-15-18-21-24-27(5-2)25-22-19-16-13-14-17-20-23-26-29-28(30)6-3/h27-30H,4-26H2,1-3H3. The summed E-state index contributed by atoms with van der Waals surface area (Å²) in [5.41, 5.74) is 0. The van der Waals surface area contributed by atoms with E-state index in [4.69, 9.17) is 0 Å². The highest BCUT2D eigenvalue weighted by molar-refractivity contribution is 4.59. The molecule has 30 heavy (non-hydrogen) atoms. The molecule has 2 heteroatoms. The fraction of sp³-hybridized carbons (Fsp3) is 1.00. The number of aliphatic hydroxyl groups is 1. The lowest BCUT2D eigenvalue weighted by Gasteiger charge is -2.14. The van der Waals surface area contributed by atoms with Gasteiger partial charge in [-0.05, 0) is 25.3 Å². The number of unbranched alkanes of at least 4 members (excludes halogenated alkanes) is 16. The predicted octanol–water partition coefficient (Wildman–Crippen LogP) is 9.15. The Labute approximate surface area is 191 Å². The van der Waals surface area contributed by atoms with Crippen molar-refractivity contribution in [1.82, 2.24) is 5.32 Å². The Bertz CT molecular complexity index is 307. The van der Waals surface area contributed by atoms with Gasteiger partial charge in [0.1, 0.15) is 6.23 Å². The third-order valence-electron chi connectivity index (χ3n) is 6.85. The molecule has 0 heterocycles. The van der Waals surface area contributed by atoms with Crippen LogP contribution in [-0.2, 0) is 0 Å². The van der Waals surface area contributed by atoms with E-state index >= 15 is 0 Å². The van der Waals surface area contributed by atoms with E-state index in [0.717, 1.165) is 18.9 Å². The van der Waals surface area contributed by atoms with Gasteiger partial charge in [0, 0.05) is 0 Å². The molecule has 2 nitrogen and oxygen atoms in total. The number of nitrogens with one attached hydrogen (secondary N) is 1. The first kappa shape index (κ1) is 29.9. The van der Waals surface area contributed by atoms with Crippen LogP contribution >= 0.6 is 0 Å². The number of aliphatic hydroxyl groups excluding tert-OH is 1. The monoisotopic (exact) mass is 425 g/mol. The van der Waals surface area contributed by atoms with Gasteiger partial charge >= 0.3 is 0 Å². The van der Waals surface area contributed by atoms with E-state index in [0.29, 0.717) is 0 Å². The van der Waals surface area contributed by atoms with Crippen LogP contribution in [0.5, 0.6) is 0 Å². The minimum Gasteiger partial charge on any atom is -0.379 e. The number of hydrogen-bond acceptors (Lipinski definition) is 2. The van der Waals surface area contributed by atoms with Crippen LogP contribution in [0.3, 0.4) is 0 Å². The highest BCUT2D eigenvalue weighted by Gasteiger charge is 2.06. The molecule has 0 bridgehead atoms. The van der Waals surface area contributed by atoms with E-state index in [9.17, 15) is 5.11 Å². The van der Waals surface area contributed by atoms with E-state index in [-0.39, 0.29) is 6.23 Å². The van der Waals surface area contributed by atoms with Gasteiger partial charge in [0.15, 0.2) is 0 Å². The maximum Gasteiger partial charge on any atom is 0.104 e. The predicted molar refractivity (Wildman–Crippen MR) is 136 cm³/mol. The first-order valence-corrected chi connectivity index (χ1v) is 14.2. The summed E-state index contributed by atoms with van der Waals surface area (Å²) < 4.78 is 0. The molecular weight excluding hydrogens is 366 g/mol. The second-order valence-corrected chi connectivity index (χ2v) is 9.74. The molecule has 0 aliphatic heterocycles. The topological polar surface area (TPSA) is 32.3 Å². The third-order valence-corrected chi connectivity index (χ3v) is 6.85. The second-order valence-electron chi connectivity index (χ2n) is 9.74. The van der Waals surface area contributed by atoms with E-state index in [1.165, 1.54) is 135 Å². The zero-order chi connectivity index (χ0) is 22.1. The smallest absolute Gasteiger partial charge is 0.104 e. The Morgan fingerprint density at radius 2 is 0.900 bits per heavy atom. The van der Waals surface area contributed by atoms with Crippen molar-refractivity contribution < 1.29 is 5.11 Å².